The van der Waals surface area contributed by atoms with Crippen LogP contribution < -0.4 is 5.73 Å². The Morgan fingerprint density at radius 2 is 2.46 bits per heavy atom. The highest BCUT2D eigenvalue weighted by atomic mass is 16.1. The molecule has 2 aromatic heterocycles. The van der Waals surface area contributed by atoms with Crippen LogP contribution in [-0.2, 0) is 0 Å². The van der Waals surface area contributed by atoms with Gasteiger partial charge in [-0.25, -0.2) is 4.98 Å². The zero-order chi connectivity index (χ0) is 9.26. The van der Waals surface area contributed by atoms with Gasteiger partial charge in [-0.3, -0.25) is 4.79 Å². The normalized spacial score (nSPS) is 10.5. The zero-order valence-corrected chi connectivity index (χ0v) is 6.95. The van der Waals surface area contributed by atoms with Gasteiger partial charge in [-0.15, -0.1) is 0 Å². The number of fused-ring (bicyclic) bond motifs is 1. The van der Waals surface area contributed by atoms with Gasteiger partial charge in [-0.05, 0) is 12.1 Å². The zero-order valence-electron chi connectivity index (χ0n) is 6.95. The Morgan fingerprint density at radius 1 is 1.62 bits per heavy atom. The predicted molar refractivity (Wildman–Crippen MR) is 49.5 cm³/mol. The number of aromatic amines is 1. The fraction of sp³-hybridized carbons (Fsp3) is 0.111. The first kappa shape index (κ1) is 7.94. The molecule has 4 heteroatoms. The topological polar surface area (TPSA) is 71.8 Å². The number of pyridine rings is 1. The number of hydrogen-bond donors (Lipinski definition) is 2. The van der Waals surface area contributed by atoms with Gasteiger partial charge in [0.2, 0.25) is 0 Å². The predicted octanol–water partition coefficient (Wildman–Crippen LogP) is 0.704. The minimum atomic E-state index is -0.0701. The molecule has 0 atom stereocenters. The van der Waals surface area contributed by atoms with Crippen molar-refractivity contribution in [3.8, 4) is 0 Å². The van der Waals surface area contributed by atoms with Gasteiger partial charge in [-0.2, -0.15) is 0 Å². The van der Waals surface area contributed by atoms with Crippen LogP contribution in [0, 0.1) is 0 Å². The van der Waals surface area contributed by atoms with Crippen molar-refractivity contribution in [3.05, 3.63) is 30.1 Å². The summed E-state index contributed by atoms with van der Waals surface area (Å²) in [6.45, 7) is 0.0296. The van der Waals surface area contributed by atoms with Gasteiger partial charge in [0, 0.05) is 23.3 Å². The van der Waals surface area contributed by atoms with E-state index in [0.29, 0.717) is 5.56 Å². The van der Waals surface area contributed by atoms with Crippen LogP contribution in [0.3, 0.4) is 0 Å². The third kappa shape index (κ3) is 1.21. The van der Waals surface area contributed by atoms with E-state index in [1.807, 2.05) is 6.07 Å². The first-order chi connectivity index (χ1) is 6.33. The van der Waals surface area contributed by atoms with Crippen LogP contribution in [-0.4, -0.2) is 22.3 Å². The van der Waals surface area contributed by atoms with E-state index in [4.69, 9.17) is 5.73 Å². The van der Waals surface area contributed by atoms with Gasteiger partial charge < -0.3 is 10.7 Å². The number of nitrogens with two attached hydrogens (primary N) is 1. The minimum Gasteiger partial charge on any atom is -0.345 e. The molecule has 0 aliphatic carbocycles. The molecule has 0 aliphatic rings. The number of Topliss-reactive ketones (excluding diaryl/α,β-unsaturated/α-hetero) is 1. The van der Waals surface area contributed by atoms with Crippen molar-refractivity contribution >= 4 is 16.8 Å². The number of aromatic nitrogens is 2. The highest BCUT2D eigenvalue weighted by Gasteiger charge is 2.09. The van der Waals surface area contributed by atoms with Gasteiger partial charge in [0.25, 0.3) is 0 Å². The molecule has 0 bridgehead atoms. The second-order valence-electron chi connectivity index (χ2n) is 2.73. The van der Waals surface area contributed by atoms with Crippen molar-refractivity contribution < 1.29 is 4.79 Å². The maximum absolute atomic E-state index is 11.3. The molecule has 0 spiro atoms. The molecule has 0 saturated heterocycles. The standard InChI is InChI=1S/C9H9N3O/c10-4-8(13)7-5-12-9-6(7)2-1-3-11-9/h1-3,5H,4,10H2,(H,11,12). The lowest BCUT2D eigenvalue weighted by molar-refractivity contribution is 0.100. The Labute approximate surface area is 74.8 Å². The summed E-state index contributed by atoms with van der Waals surface area (Å²) in [6.07, 6.45) is 3.32. The van der Waals surface area contributed by atoms with Crippen LogP contribution in [0.25, 0.3) is 11.0 Å². The number of H-pyrrole nitrogens is 1. The van der Waals surface area contributed by atoms with Crippen molar-refractivity contribution in [2.24, 2.45) is 5.73 Å². The van der Waals surface area contributed by atoms with Crippen LogP contribution in [0.5, 0.6) is 0 Å². The number of hydrogen-bond acceptors (Lipinski definition) is 3. The smallest absolute Gasteiger partial charge is 0.178 e. The second-order valence-corrected chi connectivity index (χ2v) is 2.73. The number of nitrogens with one attached hydrogen (secondary N) is 1. The Hall–Kier alpha value is -1.68. The van der Waals surface area contributed by atoms with E-state index in [-0.39, 0.29) is 12.3 Å². The van der Waals surface area contributed by atoms with E-state index >= 15 is 0 Å². The van der Waals surface area contributed by atoms with Gasteiger partial charge >= 0.3 is 0 Å². The average Bonchev–Trinajstić information content (AvgIpc) is 2.60. The number of nitrogens with zero attached hydrogens (tertiary/aromatic N) is 1. The largest absolute Gasteiger partial charge is 0.345 e. The molecule has 0 saturated carbocycles. The van der Waals surface area contributed by atoms with Crippen molar-refractivity contribution in [1.29, 1.82) is 0 Å². The van der Waals surface area contributed by atoms with E-state index in [9.17, 15) is 4.79 Å². The summed E-state index contributed by atoms with van der Waals surface area (Å²) in [6, 6.07) is 3.64. The molecule has 0 aliphatic heterocycles. The monoisotopic (exact) mass is 175 g/mol. The van der Waals surface area contributed by atoms with E-state index in [1.165, 1.54) is 0 Å². The number of rotatable bonds is 2. The van der Waals surface area contributed by atoms with Gasteiger partial charge in [0.05, 0.1) is 6.54 Å². The summed E-state index contributed by atoms with van der Waals surface area (Å²) in [5.41, 5.74) is 6.61. The average molecular weight is 175 g/mol. The Kier molecular flexibility index (Phi) is 1.83. The van der Waals surface area contributed by atoms with Gasteiger partial charge in [-0.1, -0.05) is 0 Å². The molecule has 13 heavy (non-hydrogen) atoms. The Bertz CT molecular complexity index is 447. The summed E-state index contributed by atoms with van der Waals surface area (Å²) in [7, 11) is 0. The molecule has 4 nitrogen and oxygen atoms in total. The highest BCUT2D eigenvalue weighted by molar-refractivity contribution is 6.07. The first-order valence-electron chi connectivity index (χ1n) is 3.98. The van der Waals surface area contributed by atoms with Crippen LogP contribution >= 0.6 is 0 Å². The van der Waals surface area contributed by atoms with Crippen LogP contribution in [0.2, 0.25) is 0 Å². The van der Waals surface area contributed by atoms with Crippen LogP contribution in [0.4, 0.5) is 0 Å². The van der Waals surface area contributed by atoms with E-state index in [1.54, 1.807) is 18.5 Å². The molecule has 0 fully saturated rings. The van der Waals surface area contributed by atoms with Gasteiger partial charge in [0.1, 0.15) is 5.65 Å². The maximum Gasteiger partial charge on any atom is 0.178 e. The summed E-state index contributed by atoms with van der Waals surface area (Å²) >= 11 is 0. The molecule has 0 unspecified atom stereocenters. The molecular weight excluding hydrogens is 166 g/mol. The summed E-state index contributed by atoms with van der Waals surface area (Å²) in [5, 5.41) is 0.831. The fourth-order valence-corrected chi connectivity index (χ4v) is 1.30. The maximum atomic E-state index is 11.3. The number of carbonyl (C=O) groups excluding carboxylic acids is 1. The molecular formula is C9H9N3O. The highest BCUT2D eigenvalue weighted by Crippen LogP contribution is 2.15. The van der Waals surface area contributed by atoms with Crippen LogP contribution in [0.1, 0.15) is 10.4 Å². The lowest BCUT2D eigenvalue weighted by Gasteiger charge is -1.93. The van der Waals surface area contributed by atoms with Crippen molar-refractivity contribution in [1.82, 2.24) is 9.97 Å². The number of carbonyl (C=O) groups is 1. The fourth-order valence-electron chi connectivity index (χ4n) is 1.30. The van der Waals surface area contributed by atoms with Crippen molar-refractivity contribution in [2.45, 2.75) is 0 Å². The lowest BCUT2D eigenvalue weighted by Crippen LogP contribution is -2.12. The van der Waals surface area contributed by atoms with Gasteiger partial charge in [0.15, 0.2) is 5.78 Å². The molecule has 2 rings (SSSR count). The van der Waals surface area contributed by atoms with E-state index in [2.05, 4.69) is 9.97 Å². The third-order valence-corrected chi connectivity index (χ3v) is 1.94. The molecule has 2 aromatic rings. The van der Waals surface area contributed by atoms with E-state index in [0.717, 1.165) is 11.0 Å². The lowest BCUT2D eigenvalue weighted by atomic mass is 10.1. The molecule has 2 heterocycles. The molecule has 66 valence electrons. The molecule has 0 radical (unpaired) electrons. The molecule has 0 amide bonds. The SMILES string of the molecule is NCC(=O)c1c[nH]c2ncccc12. The summed E-state index contributed by atoms with van der Waals surface area (Å²) in [4.78, 5) is 18.3. The first-order valence-corrected chi connectivity index (χ1v) is 3.98. The Morgan fingerprint density at radius 3 is 3.23 bits per heavy atom. The van der Waals surface area contributed by atoms with Crippen molar-refractivity contribution in [2.75, 3.05) is 6.54 Å². The summed E-state index contributed by atoms with van der Waals surface area (Å²) < 4.78 is 0. The Balaban J connectivity index is 2.64. The van der Waals surface area contributed by atoms with E-state index < -0.39 is 0 Å². The molecule has 3 N–H and O–H groups in total. The third-order valence-electron chi connectivity index (χ3n) is 1.94. The minimum absolute atomic E-state index is 0.0296. The molecule has 0 aromatic carbocycles. The number of ketones is 1. The van der Waals surface area contributed by atoms with Crippen molar-refractivity contribution in [3.63, 3.8) is 0 Å². The summed E-state index contributed by atoms with van der Waals surface area (Å²) in [5.74, 6) is -0.0701. The second kappa shape index (κ2) is 2.99. The van der Waals surface area contributed by atoms with Crippen LogP contribution in [0.15, 0.2) is 24.5 Å². The quantitative estimate of drug-likeness (QED) is 0.660.